The summed E-state index contributed by atoms with van der Waals surface area (Å²) in [5, 5.41) is 8.50. The van der Waals surface area contributed by atoms with Crippen LogP contribution >= 0.6 is 11.8 Å². The molecule has 0 amide bonds. The molecule has 1 heterocycles. The number of alkyl halides is 3. The van der Waals surface area contributed by atoms with Gasteiger partial charge in [-0.3, -0.25) is 4.79 Å². The Morgan fingerprint density at radius 3 is 2.68 bits per heavy atom. The summed E-state index contributed by atoms with van der Waals surface area (Å²) in [5.41, 5.74) is -0.233. The van der Waals surface area contributed by atoms with Gasteiger partial charge in [0, 0.05) is 17.0 Å². The van der Waals surface area contributed by atoms with Gasteiger partial charge in [-0.2, -0.15) is 13.2 Å². The Balaban J connectivity index is 2.24. The standard InChI is InChI=1S/C11H11F3N2O2S/c12-11(13,14)9-6-2-1-3-7(6)15-10(16-9)19-5-4-8(17)18/h1-5H2,(H,17,18). The van der Waals surface area contributed by atoms with Crippen LogP contribution in [0.15, 0.2) is 5.16 Å². The molecular weight excluding hydrogens is 281 g/mol. The summed E-state index contributed by atoms with van der Waals surface area (Å²) in [4.78, 5) is 18.0. The van der Waals surface area contributed by atoms with E-state index >= 15 is 0 Å². The third-order valence-electron chi connectivity index (χ3n) is 2.73. The van der Waals surface area contributed by atoms with E-state index in [0.29, 0.717) is 25.0 Å². The van der Waals surface area contributed by atoms with Crippen molar-refractivity contribution in [2.45, 2.75) is 37.0 Å². The van der Waals surface area contributed by atoms with Gasteiger partial charge in [0.05, 0.1) is 6.42 Å². The molecule has 0 aliphatic heterocycles. The fourth-order valence-electron chi connectivity index (χ4n) is 1.94. The van der Waals surface area contributed by atoms with E-state index in [9.17, 15) is 18.0 Å². The number of carbonyl (C=O) groups is 1. The first-order valence-electron chi connectivity index (χ1n) is 5.69. The average molecular weight is 292 g/mol. The second-order valence-corrected chi connectivity index (χ2v) is 5.19. The second kappa shape index (κ2) is 5.36. The van der Waals surface area contributed by atoms with Crippen molar-refractivity contribution in [2.75, 3.05) is 5.75 Å². The Labute approximate surface area is 111 Å². The highest BCUT2D eigenvalue weighted by Crippen LogP contribution is 2.36. The molecule has 4 nitrogen and oxygen atoms in total. The summed E-state index contributed by atoms with van der Waals surface area (Å²) in [7, 11) is 0. The van der Waals surface area contributed by atoms with Crippen LogP contribution in [0, 0.1) is 0 Å². The molecular formula is C11H11F3N2O2S. The third-order valence-corrected chi connectivity index (χ3v) is 3.58. The molecule has 1 aliphatic carbocycles. The van der Waals surface area contributed by atoms with Crippen molar-refractivity contribution in [3.8, 4) is 0 Å². The lowest BCUT2D eigenvalue weighted by atomic mass is 10.2. The van der Waals surface area contributed by atoms with Crippen LogP contribution in [0.5, 0.6) is 0 Å². The first-order valence-corrected chi connectivity index (χ1v) is 6.68. The number of carboxylic acids is 1. The smallest absolute Gasteiger partial charge is 0.433 e. The largest absolute Gasteiger partial charge is 0.481 e. The third kappa shape index (κ3) is 3.37. The molecule has 0 radical (unpaired) electrons. The number of thioether (sulfide) groups is 1. The molecule has 1 N–H and O–H groups in total. The Hall–Kier alpha value is -1.31. The molecule has 1 aromatic rings. The monoisotopic (exact) mass is 292 g/mol. The number of nitrogens with zero attached hydrogens (tertiary/aromatic N) is 2. The van der Waals surface area contributed by atoms with E-state index in [0.717, 1.165) is 11.8 Å². The molecule has 8 heteroatoms. The predicted octanol–water partition coefficient (Wildman–Crippen LogP) is 2.55. The predicted molar refractivity (Wildman–Crippen MR) is 62.0 cm³/mol. The topological polar surface area (TPSA) is 63.1 Å². The Morgan fingerprint density at radius 2 is 2.05 bits per heavy atom. The number of hydrogen-bond acceptors (Lipinski definition) is 4. The zero-order valence-electron chi connectivity index (χ0n) is 9.83. The van der Waals surface area contributed by atoms with Crippen molar-refractivity contribution in [1.29, 1.82) is 0 Å². The highest BCUT2D eigenvalue weighted by molar-refractivity contribution is 7.99. The maximum atomic E-state index is 12.9. The number of carboxylic acid groups (broad SMARTS) is 1. The number of aliphatic carboxylic acids is 1. The Bertz CT molecular complexity index is 505. The summed E-state index contributed by atoms with van der Waals surface area (Å²) in [5.74, 6) is -0.837. The van der Waals surface area contributed by atoms with Crippen LogP contribution in [0.3, 0.4) is 0 Å². The SMILES string of the molecule is O=C(O)CCSc1nc2c(c(C(F)(F)F)n1)CCC2. The van der Waals surface area contributed by atoms with Gasteiger partial charge in [-0.1, -0.05) is 11.8 Å². The lowest BCUT2D eigenvalue weighted by molar-refractivity contribution is -0.142. The summed E-state index contributed by atoms with van der Waals surface area (Å²) >= 11 is 0.942. The molecule has 0 unspecified atom stereocenters. The van der Waals surface area contributed by atoms with Gasteiger partial charge in [0.2, 0.25) is 0 Å². The van der Waals surface area contributed by atoms with E-state index in [4.69, 9.17) is 5.11 Å². The normalized spacial score (nSPS) is 14.5. The quantitative estimate of drug-likeness (QED) is 0.682. The van der Waals surface area contributed by atoms with Crippen LogP contribution in [0.25, 0.3) is 0 Å². The molecule has 1 aromatic heterocycles. The number of hydrogen-bond donors (Lipinski definition) is 1. The number of fused-ring (bicyclic) bond motifs is 1. The molecule has 0 aromatic carbocycles. The van der Waals surface area contributed by atoms with E-state index in [2.05, 4.69) is 9.97 Å². The summed E-state index contributed by atoms with van der Waals surface area (Å²) < 4.78 is 38.6. The minimum atomic E-state index is -4.49. The van der Waals surface area contributed by atoms with E-state index in [1.807, 2.05) is 0 Å². The molecule has 2 rings (SSSR count). The minimum absolute atomic E-state index is 0.00854. The van der Waals surface area contributed by atoms with E-state index in [-0.39, 0.29) is 22.9 Å². The maximum Gasteiger partial charge on any atom is 0.433 e. The first kappa shape index (κ1) is 14.1. The molecule has 0 saturated heterocycles. The molecule has 0 atom stereocenters. The van der Waals surface area contributed by atoms with Crippen LogP contribution in [-0.4, -0.2) is 26.8 Å². The molecule has 0 bridgehead atoms. The van der Waals surface area contributed by atoms with Crippen molar-refractivity contribution in [1.82, 2.24) is 9.97 Å². The Morgan fingerprint density at radius 1 is 1.32 bits per heavy atom. The van der Waals surface area contributed by atoms with Crippen LogP contribution in [-0.2, 0) is 23.8 Å². The highest BCUT2D eigenvalue weighted by Gasteiger charge is 2.38. The summed E-state index contributed by atoms with van der Waals surface area (Å²) in [6, 6.07) is 0. The molecule has 104 valence electrons. The van der Waals surface area contributed by atoms with Crippen LogP contribution < -0.4 is 0 Å². The van der Waals surface area contributed by atoms with Gasteiger partial charge >= 0.3 is 12.1 Å². The zero-order valence-corrected chi connectivity index (χ0v) is 10.6. The van der Waals surface area contributed by atoms with E-state index in [1.165, 1.54) is 0 Å². The number of aromatic nitrogens is 2. The van der Waals surface area contributed by atoms with Crippen molar-refractivity contribution in [3.05, 3.63) is 17.0 Å². The molecule has 19 heavy (non-hydrogen) atoms. The lowest BCUT2D eigenvalue weighted by Gasteiger charge is -2.12. The maximum absolute atomic E-state index is 12.9. The second-order valence-electron chi connectivity index (χ2n) is 4.12. The average Bonchev–Trinajstić information content (AvgIpc) is 2.73. The van der Waals surface area contributed by atoms with Gasteiger partial charge in [0.15, 0.2) is 10.9 Å². The van der Waals surface area contributed by atoms with Crippen molar-refractivity contribution < 1.29 is 23.1 Å². The molecule has 0 spiro atoms. The van der Waals surface area contributed by atoms with Crippen LogP contribution in [0.4, 0.5) is 13.2 Å². The number of rotatable bonds is 4. The molecule has 0 fully saturated rings. The van der Waals surface area contributed by atoms with Gasteiger partial charge in [-0.15, -0.1) is 0 Å². The van der Waals surface area contributed by atoms with Gasteiger partial charge in [0.1, 0.15) is 0 Å². The Kier molecular flexibility index (Phi) is 3.98. The van der Waals surface area contributed by atoms with E-state index < -0.39 is 17.8 Å². The van der Waals surface area contributed by atoms with Gasteiger partial charge in [0.25, 0.3) is 0 Å². The van der Waals surface area contributed by atoms with E-state index in [1.54, 1.807) is 0 Å². The minimum Gasteiger partial charge on any atom is -0.481 e. The lowest BCUT2D eigenvalue weighted by Crippen LogP contribution is -2.14. The van der Waals surface area contributed by atoms with Crippen molar-refractivity contribution in [2.24, 2.45) is 0 Å². The fourth-order valence-corrected chi connectivity index (χ4v) is 2.73. The molecule has 1 aliphatic rings. The highest BCUT2D eigenvalue weighted by atomic mass is 32.2. The van der Waals surface area contributed by atoms with Crippen molar-refractivity contribution in [3.63, 3.8) is 0 Å². The van der Waals surface area contributed by atoms with Crippen molar-refractivity contribution >= 4 is 17.7 Å². The van der Waals surface area contributed by atoms with Gasteiger partial charge < -0.3 is 5.11 Å². The van der Waals surface area contributed by atoms with Gasteiger partial charge in [-0.05, 0) is 19.3 Å². The first-order chi connectivity index (χ1) is 8.88. The van der Waals surface area contributed by atoms with Crippen LogP contribution in [0.1, 0.15) is 29.8 Å². The zero-order chi connectivity index (χ0) is 14.0. The molecule has 0 saturated carbocycles. The fraction of sp³-hybridized carbons (Fsp3) is 0.545. The van der Waals surface area contributed by atoms with Crippen LogP contribution in [0.2, 0.25) is 0 Å². The number of halogens is 3. The number of aryl methyl sites for hydroxylation is 1. The summed E-state index contributed by atoms with van der Waals surface area (Å²) in [6.07, 6.45) is -3.10. The summed E-state index contributed by atoms with van der Waals surface area (Å²) in [6.45, 7) is 0. The van der Waals surface area contributed by atoms with Gasteiger partial charge in [-0.25, -0.2) is 9.97 Å².